The Labute approximate surface area is 105 Å². The fourth-order valence-electron chi connectivity index (χ4n) is 1.16. The molecule has 2 unspecified atom stereocenters. The normalized spacial score (nSPS) is 12.7. The fourth-order valence-corrected chi connectivity index (χ4v) is 1.16. The van der Waals surface area contributed by atoms with E-state index in [1.807, 2.05) is 6.07 Å². The van der Waals surface area contributed by atoms with Crippen LogP contribution in [0.2, 0.25) is 0 Å². The zero-order valence-corrected chi connectivity index (χ0v) is 10.1. The molecule has 0 radical (unpaired) electrons. The van der Waals surface area contributed by atoms with Gasteiger partial charge in [0.25, 0.3) is 0 Å². The van der Waals surface area contributed by atoms with Gasteiger partial charge in [0, 0.05) is 0 Å². The lowest BCUT2D eigenvalue weighted by atomic mass is 10.2. The molecule has 0 aliphatic rings. The molecule has 92 valence electrons. The molecule has 0 saturated heterocycles. The van der Waals surface area contributed by atoms with E-state index < -0.39 is 18.2 Å². The van der Waals surface area contributed by atoms with Gasteiger partial charge in [-0.15, -0.1) is 0 Å². The molecule has 1 aromatic carbocycles. The number of carbonyl (C=O) groups excluding carboxylic acids is 1. The number of esters is 1. The van der Waals surface area contributed by atoms with Crippen molar-refractivity contribution in [1.82, 2.24) is 0 Å². The van der Waals surface area contributed by atoms with E-state index in [0.717, 1.165) is 0 Å². The largest absolute Gasteiger partial charge is 0.479 e. The second-order valence-corrected chi connectivity index (χ2v) is 3.60. The molecule has 0 spiro atoms. The topological polar surface area (TPSA) is 83.1 Å². The van der Waals surface area contributed by atoms with Crippen molar-refractivity contribution < 1.29 is 14.3 Å². The number of ether oxygens (including phenoxy) is 2. The van der Waals surface area contributed by atoms with Crippen LogP contribution in [0.4, 0.5) is 0 Å². The standard InChI is InChI=1S/C13H12N2O3/c1-9(7-14)17-13(16)10(2)18-12-5-3-11(8-15)4-6-12/h3-6,9-10H,1-2H3. The molecule has 0 fully saturated rings. The number of nitriles is 2. The van der Waals surface area contributed by atoms with Crippen LogP contribution in [0.3, 0.4) is 0 Å². The lowest BCUT2D eigenvalue weighted by molar-refractivity contribution is -0.153. The Morgan fingerprint density at radius 3 is 2.33 bits per heavy atom. The Morgan fingerprint density at radius 1 is 1.22 bits per heavy atom. The Kier molecular flexibility index (Phi) is 4.71. The van der Waals surface area contributed by atoms with Crippen molar-refractivity contribution in [3.63, 3.8) is 0 Å². The molecule has 0 bridgehead atoms. The molecule has 0 heterocycles. The number of carbonyl (C=O) groups is 1. The summed E-state index contributed by atoms with van der Waals surface area (Å²) in [4.78, 5) is 11.5. The van der Waals surface area contributed by atoms with Crippen molar-refractivity contribution in [2.75, 3.05) is 0 Å². The first-order valence-electron chi connectivity index (χ1n) is 5.33. The highest BCUT2D eigenvalue weighted by molar-refractivity contribution is 5.75. The van der Waals surface area contributed by atoms with E-state index in [-0.39, 0.29) is 0 Å². The second kappa shape index (κ2) is 6.27. The maximum Gasteiger partial charge on any atom is 0.348 e. The first-order chi connectivity index (χ1) is 8.56. The third-order valence-corrected chi connectivity index (χ3v) is 2.10. The Hall–Kier alpha value is -2.53. The molecule has 0 amide bonds. The van der Waals surface area contributed by atoms with Crippen molar-refractivity contribution in [1.29, 1.82) is 10.5 Å². The van der Waals surface area contributed by atoms with Gasteiger partial charge in [0.2, 0.25) is 0 Å². The van der Waals surface area contributed by atoms with E-state index in [0.29, 0.717) is 11.3 Å². The predicted octanol–water partition coefficient (Wildman–Crippen LogP) is 1.78. The van der Waals surface area contributed by atoms with Gasteiger partial charge in [-0.1, -0.05) is 0 Å². The number of hydrogen-bond acceptors (Lipinski definition) is 5. The van der Waals surface area contributed by atoms with Crippen LogP contribution in [0.25, 0.3) is 0 Å². The molecular weight excluding hydrogens is 232 g/mol. The molecule has 5 heteroatoms. The maximum atomic E-state index is 11.5. The van der Waals surface area contributed by atoms with Gasteiger partial charge < -0.3 is 9.47 Å². The monoisotopic (exact) mass is 244 g/mol. The van der Waals surface area contributed by atoms with E-state index in [1.54, 1.807) is 30.3 Å². The minimum absolute atomic E-state index is 0.461. The Bertz CT molecular complexity index is 496. The van der Waals surface area contributed by atoms with Crippen LogP contribution in [-0.2, 0) is 9.53 Å². The Balaban J connectivity index is 2.59. The molecule has 2 atom stereocenters. The van der Waals surface area contributed by atoms with Gasteiger partial charge in [-0.3, -0.25) is 0 Å². The highest BCUT2D eigenvalue weighted by Crippen LogP contribution is 2.14. The average molecular weight is 244 g/mol. The third-order valence-electron chi connectivity index (χ3n) is 2.10. The minimum Gasteiger partial charge on any atom is -0.479 e. The summed E-state index contributed by atoms with van der Waals surface area (Å²) in [5, 5.41) is 17.1. The summed E-state index contributed by atoms with van der Waals surface area (Å²) in [6.45, 7) is 3.01. The van der Waals surface area contributed by atoms with Gasteiger partial charge >= 0.3 is 5.97 Å². The second-order valence-electron chi connectivity index (χ2n) is 3.60. The van der Waals surface area contributed by atoms with Crippen LogP contribution in [0.1, 0.15) is 19.4 Å². The van der Waals surface area contributed by atoms with E-state index in [4.69, 9.17) is 20.0 Å². The van der Waals surface area contributed by atoms with Crippen molar-refractivity contribution >= 4 is 5.97 Å². The zero-order chi connectivity index (χ0) is 13.5. The van der Waals surface area contributed by atoms with Gasteiger partial charge in [-0.25, -0.2) is 4.79 Å². The van der Waals surface area contributed by atoms with Gasteiger partial charge in [0.05, 0.1) is 11.6 Å². The van der Waals surface area contributed by atoms with E-state index in [9.17, 15) is 4.79 Å². The smallest absolute Gasteiger partial charge is 0.348 e. The highest BCUT2D eigenvalue weighted by atomic mass is 16.6. The van der Waals surface area contributed by atoms with Crippen molar-refractivity contribution in [3.05, 3.63) is 29.8 Å². The van der Waals surface area contributed by atoms with Crippen LogP contribution in [0.5, 0.6) is 5.75 Å². The van der Waals surface area contributed by atoms with Crippen molar-refractivity contribution in [2.24, 2.45) is 0 Å². The number of rotatable bonds is 4. The number of hydrogen-bond donors (Lipinski definition) is 0. The van der Waals surface area contributed by atoms with Crippen LogP contribution in [-0.4, -0.2) is 18.2 Å². The lowest BCUT2D eigenvalue weighted by Crippen LogP contribution is -2.28. The quantitative estimate of drug-likeness (QED) is 0.754. The number of nitrogens with zero attached hydrogens (tertiary/aromatic N) is 2. The SMILES string of the molecule is CC(C#N)OC(=O)C(C)Oc1ccc(C#N)cc1. The maximum absolute atomic E-state index is 11.5. The third kappa shape index (κ3) is 3.80. The molecule has 5 nitrogen and oxygen atoms in total. The average Bonchev–Trinajstić information content (AvgIpc) is 2.39. The molecule has 18 heavy (non-hydrogen) atoms. The molecule has 1 rings (SSSR count). The molecule has 0 saturated carbocycles. The Morgan fingerprint density at radius 2 is 1.83 bits per heavy atom. The summed E-state index contributed by atoms with van der Waals surface area (Å²) in [7, 11) is 0. The summed E-state index contributed by atoms with van der Waals surface area (Å²) in [6, 6.07) is 10.1. The van der Waals surface area contributed by atoms with Crippen molar-refractivity contribution in [3.8, 4) is 17.9 Å². The van der Waals surface area contributed by atoms with Crippen LogP contribution < -0.4 is 4.74 Å². The van der Waals surface area contributed by atoms with E-state index in [2.05, 4.69) is 0 Å². The molecule has 0 aromatic heterocycles. The lowest BCUT2D eigenvalue weighted by Gasteiger charge is -2.14. The molecular formula is C13H12N2O3. The van der Waals surface area contributed by atoms with Gasteiger partial charge in [-0.05, 0) is 38.1 Å². The van der Waals surface area contributed by atoms with Crippen LogP contribution >= 0.6 is 0 Å². The molecule has 0 aliphatic carbocycles. The summed E-state index contributed by atoms with van der Waals surface area (Å²) in [6.07, 6.45) is -1.61. The molecule has 0 N–H and O–H groups in total. The zero-order valence-electron chi connectivity index (χ0n) is 10.1. The number of benzene rings is 1. The van der Waals surface area contributed by atoms with Crippen molar-refractivity contribution in [2.45, 2.75) is 26.1 Å². The van der Waals surface area contributed by atoms with Gasteiger partial charge in [-0.2, -0.15) is 10.5 Å². The predicted molar refractivity (Wildman–Crippen MR) is 62.4 cm³/mol. The first-order valence-corrected chi connectivity index (χ1v) is 5.33. The van der Waals surface area contributed by atoms with Crippen LogP contribution in [0.15, 0.2) is 24.3 Å². The molecule has 0 aliphatic heterocycles. The fraction of sp³-hybridized carbons (Fsp3) is 0.308. The van der Waals surface area contributed by atoms with E-state index in [1.165, 1.54) is 13.8 Å². The summed E-state index contributed by atoms with van der Waals surface area (Å²) in [5.74, 6) is -0.142. The first kappa shape index (κ1) is 13.5. The van der Waals surface area contributed by atoms with Gasteiger partial charge in [0.15, 0.2) is 12.2 Å². The van der Waals surface area contributed by atoms with Crippen LogP contribution in [0, 0.1) is 22.7 Å². The summed E-state index contributed by atoms with van der Waals surface area (Å²) in [5.41, 5.74) is 0.510. The minimum atomic E-state index is -0.811. The highest BCUT2D eigenvalue weighted by Gasteiger charge is 2.18. The molecule has 1 aromatic rings. The summed E-state index contributed by atoms with van der Waals surface area (Å²) < 4.78 is 10.1. The van der Waals surface area contributed by atoms with Gasteiger partial charge in [0.1, 0.15) is 11.8 Å². The summed E-state index contributed by atoms with van der Waals surface area (Å²) >= 11 is 0. The van der Waals surface area contributed by atoms with E-state index >= 15 is 0 Å².